The quantitative estimate of drug-likeness (QED) is 0.636. The summed E-state index contributed by atoms with van der Waals surface area (Å²) in [7, 11) is -8.15. The molecule has 0 fully saturated rings. The molecule has 0 atom stereocenters. The number of primary sulfonamides is 2. The third-order valence-electron chi connectivity index (χ3n) is 2.25. The Balaban J connectivity index is 3.74. The molecular formula is C8H12N2O5S2. The maximum Gasteiger partial charge on any atom is 0.238 e. The largest absolute Gasteiger partial charge is 0.392 e. The lowest BCUT2D eigenvalue weighted by Crippen LogP contribution is -2.18. The highest BCUT2D eigenvalue weighted by molar-refractivity contribution is 7.90. The first-order valence-electron chi connectivity index (χ1n) is 4.37. The third-order valence-corrected chi connectivity index (χ3v) is 4.18. The van der Waals surface area contributed by atoms with Crippen LogP contribution in [0.4, 0.5) is 0 Å². The van der Waals surface area contributed by atoms with Gasteiger partial charge in [0.1, 0.15) is 0 Å². The summed E-state index contributed by atoms with van der Waals surface area (Å²) in [4.78, 5) is -0.774. The van der Waals surface area contributed by atoms with E-state index in [0.717, 1.165) is 12.1 Å². The Hall–Kier alpha value is -1.00. The predicted molar refractivity (Wildman–Crippen MR) is 59.8 cm³/mol. The molecule has 17 heavy (non-hydrogen) atoms. The average Bonchev–Trinajstić information content (AvgIpc) is 2.14. The van der Waals surface area contributed by atoms with Crippen molar-refractivity contribution in [2.75, 3.05) is 0 Å². The number of rotatable bonds is 3. The zero-order valence-electron chi connectivity index (χ0n) is 8.91. The van der Waals surface area contributed by atoms with E-state index in [2.05, 4.69) is 0 Å². The van der Waals surface area contributed by atoms with Crippen molar-refractivity contribution in [1.82, 2.24) is 0 Å². The van der Waals surface area contributed by atoms with Crippen LogP contribution >= 0.6 is 0 Å². The fraction of sp³-hybridized carbons (Fsp3) is 0.250. The van der Waals surface area contributed by atoms with Gasteiger partial charge in [-0.05, 0) is 30.2 Å². The van der Waals surface area contributed by atoms with E-state index in [1.54, 1.807) is 0 Å². The lowest BCUT2D eigenvalue weighted by molar-refractivity contribution is 0.280. The molecule has 1 aromatic rings. The summed E-state index contributed by atoms with van der Waals surface area (Å²) in [6.07, 6.45) is 0. The summed E-state index contributed by atoms with van der Waals surface area (Å²) in [6, 6.07) is 1.98. The lowest BCUT2D eigenvalue weighted by Gasteiger charge is -2.10. The SMILES string of the molecule is Cc1c(CO)cc(S(N)(=O)=O)cc1S(N)(=O)=O. The predicted octanol–water partition coefficient (Wildman–Crippen LogP) is -1.22. The minimum absolute atomic E-state index is 0.139. The molecule has 0 aliphatic carbocycles. The normalized spacial score (nSPS) is 12.7. The van der Waals surface area contributed by atoms with Crippen LogP contribution in [0.1, 0.15) is 11.1 Å². The first-order chi connectivity index (χ1) is 7.57. The van der Waals surface area contributed by atoms with E-state index in [1.807, 2.05) is 0 Å². The number of aliphatic hydroxyl groups is 1. The van der Waals surface area contributed by atoms with Gasteiger partial charge >= 0.3 is 0 Å². The molecule has 0 saturated carbocycles. The van der Waals surface area contributed by atoms with Crippen LogP contribution < -0.4 is 10.3 Å². The summed E-state index contributed by atoms with van der Waals surface area (Å²) in [5.41, 5.74) is 0.336. The van der Waals surface area contributed by atoms with E-state index < -0.39 is 31.5 Å². The molecule has 0 amide bonds. The number of nitrogens with two attached hydrogens (primary N) is 2. The van der Waals surface area contributed by atoms with Crippen LogP contribution in [-0.2, 0) is 26.7 Å². The van der Waals surface area contributed by atoms with E-state index in [9.17, 15) is 16.8 Å². The molecule has 5 N–H and O–H groups in total. The van der Waals surface area contributed by atoms with Crippen molar-refractivity contribution < 1.29 is 21.9 Å². The number of hydrogen-bond donors (Lipinski definition) is 3. The van der Waals surface area contributed by atoms with Crippen LogP contribution in [0.15, 0.2) is 21.9 Å². The molecule has 96 valence electrons. The van der Waals surface area contributed by atoms with Gasteiger partial charge in [0, 0.05) is 0 Å². The minimum atomic E-state index is -4.08. The van der Waals surface area contributed by atoms with Crippen molar-refractivity contribution in [2.24, 2.45) is 10.3 Å². The molecule has 9 heteroatoms. The molecular weight excluding hydrogens is 268 g/mol. The van der Waals surface area contributed by atoms with Crippen LogP contribution in [-0.4, -0.2) is 21.9 Å². The fourth-order valence-corrected chi connectivity index (χ4v) is 2.85. The smallest absolute Gasteiger partial charge is 0.238 e. The second-order valence-corrected chi connectivity index (χ2v) is 6.54. The van der Waals surface area contributed by atoms with Crippen molar-refractivity contribution in [3.63, 3.8) is 0 Å². The standard InChI is InChI=1S/C8H12N2O5S2/c1-5-6(4-11)2-7(16(9,12)13)3-8(5)17(10,14)15/h2-3,11H,4H2,1H3,(H2,9,12,13)(H2,10,14,15). The van der Waals surface area contributed by atoms with Gasteiger partial charge in [-0.2, -0.15) is 0 Å². The van der Waals surface area contributed by atoms with E-state index in [0.29, 0.717) is 0 Å². The number of hydrogen-bond acceptors (Lipinski definition) is 5. The van der Waals surface area contributed by atoms with Gasteiger partial charge in [0.25, 0.3) is 0 Å². The molecule has 0 saturated heterocycles. The highest BCUT2D eigenvalue weighted by atomic mass is 32.2. The van der Waals surface area contributed by atoms with Crippen LogP contribution in [0, 0.1) is 6.92 Å². The lowest BCUT2D eigenvalue weighted by atomic mass is 10.1. The highest BCUT2D eigenvalue weighted by Gasteiger charge is 2.19. The van der Waals surface area contributed by atoms with Crippen LogP contribution in [0.3, 0.4) is 0 Å². The molecule has 0 aromatic heterocycles. The van der Waals surface area contributed by atoms with E-state index in [-0.39, 0.29) is 16.0 Å². The van der Waals surface area contributed by atoms with Crippen molar-refractivity contribution in [2.45, 2.75) is 23.3 Å². The molecule has 0 heterocycles. The highest BCUT2D eigenvalue weighted by Crippen LogP contribution is 2.22. The van der Waals surface area contributed by atoms with Crippen molar-refractivity contribution in [3.8, 4) is 0 Å². The molecule has 0 aliphatic heterocycles. The van der Waals surface area contributed by atoms with E-state index in [1.165, 1.54) is 6.92 Å². The summed E-state index contributed by atoms with van der Waals surface area (Å²) >= 11 is 0. The van der Waals surface area contributed by atoms with Gasteiger partial charge in [-0.1, -0.05) is 0 Å². The van der Waals surface area contributed by atoms with Gasteiger partial charge in [-0.25, -0.2) is 27.1 Å². The average molecular weight is 280 g/mol. The van der Waals surface area contributed by atoms with Gasteiger partial charge in [-0.15, -0.1) is 0 Å². The second-order valence-electron chi connectivity index (χ2n) is 3.45. The monoisotopic (exact) mass is 280 g/mol. The van der Waals surface area contributed by atoms with Gasteiger partial charge in [0.15, 0.2) is 0 Å². The summed E-state index contributed by atoms with van der Waals surface area (Å²) in [6.45, 7) is 0.899. The maximum atomic E-state index is 11.3. The Kier molecular flexibility index (Phi) is 3.60. The van der Waals surface area contributed by atoms with Crippen LogP contribution in [0.5, 0.6) is 0 Å². The molecule has 1 aromatic carbocycles. The summed E-state index contributed by atoms with van der Waals surface area (Å²) < 4.78 is 44.8. The Bertz CT molecular complexity index is 649. The maximum absolute atomic E-state index is 11.3. The minimum Gasteiger partial charge on any atom is -0.392 e. The molecule has 0 unspecified atom stereocenters. The molecule has 1 rings (SSSR count). The Labute approximate surface area is 99.2 Å². The second kappa shape index (κ2) is 4.35. The molecule has 7 nitrogen and oxygen atoms in total. The Morgan fingerprint density at radius 3 is 2.00 bits per heavy atom. The Morgan fingerprint density at radius 1 is 1.12 bits per heavy atom. The number of benzene rings is 1. The topological polar surface area (TPSA) is 141 Å². The van der Waals surface area contributed by atoms with Crippen LogP contribution in [0.25, 0.3) is 0 Å². The van der Waals surface area contributed by atoms with Crippen molar-refractivity contribution in [3.05, 3.63) is 23.3 Å². The van der Waals surface area contributed by atoms with Crippen molar-refractivity contribution >= 4 is 20.0 Å². The first kappa shape index (κ1) is 14.1. The number of aliphatic hydroxyl groups excluding tert-OH is 1. The van der Waals surface area contributed by atoms with Gasteiger partial charge in [0.2, 0.25) is 20.0 Å². The number of sulfonamides is 2. The Morgan fingerprint density at radius 2 is 1.65 bits per heavy atom. The zero-order valence-corrected chi connectivity index (χ0v) is 10.5. The third kappa shape index (κ3) is 3.01. The van der Waals surface area contributed by atoms with Gasteiger partial charge in [-0.3, -0.25) is 0 Å². The molecule has 0 radical (unpaired) electrons. The molecule has 0 spiro atoms. The summed E-state index contributed by atoms with van der Waals surface area (Å²) in [5.74, 6) is 0. The first-order valence-corrected chi connectivity index (χ1v) is 7.46. The van der Waals surface area contributed by atoms with Crippen LogP contribution in [0.2, 0.25) is 0 Å². The molecule has 0 bridgehead atoms. The van der Waals surface area contributed by atoms with E-state index in [4.69, 9.17) is 15.4 Å². The fourth-order valence-electron chi connectivity index (χ4n) is 1.34. The van der Waals surface area contributed by atoms with Gasteiger partial charge < -0.3 is 5.11 Å². The zero-order chi connectivity index (χ0) is 13.4. The van der Waals surface area contributed by atoms with E-state index >= 15 is 0 Å². The molecule has 0 aliphatic rings. The van der Waals surface area contributed by atoms with Gasteiger partial charge in [0.05, 0.1) is 16.4 Å². The van der Waals surface area contributed by atoms with Crippen molar-refractivity contribution in [1.29, 1.82) is 0 Å². The summed E-state index contributed by atoms with van der Waals surface area (Å²) in [5, 5.41) is 18.9.